The van der Waals surface area contributed by atoms with Gasteiger partial charge in [-0.05, 0) is 80.4 Å². The first-order chi connectivity index (χ1) is 22.9. The third kappa shape index (κ3) is 6.07. The number of hydrogen-bond acceptors (Lipinski definition) is 6. The second-order valence-electron chi connectivity index (χ2n) is 13.8. The SMILES string of the molecule is C=c1cc(C)c2c(O)c3c(c(=O)c=2n1CC(C)C)=NC(=O)C=C3C.C=c1cc(C)c2c(O)c3c(c(=O)c=2n1CCC(C)C)=NC(=O)C=C3C. The van der Waals surface area contributed by atoms with Gasteiger partial charge in [-0.2, -0.15) is 0 Å². The molecular formula is C39H42N4O6. The zero-order valence-electron chi connectivity index (χ0n) is 29.3. The molecule has 4 heterocycles. The van der Waals surface area contributed by atoms with Crippen molar-refractivity contribution in [3.05, 3.63) is 110 Å². The summed E-state index contributed by atoms with van der Waals surface area (Å²) in [4.78, 5) is 57.5. The maximum absolute atomic E-state index is 13.2. The second-order valence-corrected chi connectivity index (χ2v) is 13.8. The molecule has 6 aliphatic rings. The van der Waals surface area contributed by atoms with Gasteiger partial charge in [-0.3, -0.25) is 19.2 Å². The molecule has 49 heavy (non-hydrogen) atoms. The number of amides is 2. The van der Waals surface area contributed by atoms with Crippen LogP contribution in [-0.2, 0) is 22.7 Å². The fourth-order valence-electron chi connectivity index (χ4n) is 6.70. The van der Waals surface area contributed by atoms with Crippen LogP contribution < -0.4 is 32.3 Å². The molecule has 2 amide bonds. The Morgan fingerprint density at radius 3 is 1.49 bits per heavy atom. The molecule has 0 saturated heterocycles. The number of aromatic nitrogens is 2. The zero-order valence-corrected chi connectivity index (χ0v) is 29.3. The van der Waals surface area contributed by atoms with E-state index < -0.39 is 11.8 Å². The average molecular weight is 663 g/mol. The number of nitrogens with zero attached hydrogens (tertiary/aromatic N) is 4. The van der Waals surface area contributed by atoms with Gasteiger partial charge in [0.1, 0.15) is 32.9 Å². The van der Waals surface area contributed by atoms with Crippen LogP contribution in [0, 0.1) is 46.8 Å². The molecule has 0 bridgehead atoms. The van der Waals surface area contributed by atoms with Crippen molar-refractivity contribution in [1.82, 2.24) is 9.13 Å². The van der Waals surface area contributed by atoms with Gasteiger partial charge in [-0.15, -0.1) is 0 Å². The highest BCUT2D eigenvalue weighted by Crippen LogP contribution is 2.27. The van der Waals surface area contributed by atoms with Crippen molar-refractivity contribution >= 4 is 36.1 Å². The monoisotopic (exact) mass is 662 g/mol. The van der Waals surface area contributed by atoms with Gasteiger partial charge < -0.3 is 19.3 Å². The number of carbonyl (C=O) groups excluding carboxylic acids is 2. The lowest BCUT2D eigenvalue weighted by molar-refractivity contribution is -0.114. The molecule has 2 N–H and O–H groups in total. The average Bonchev–Trinajstić information content (AvgIpc) is 2.98. The molecule has 0 aromatic rings. The highest BCUT2D eigenvalue weighted by Gasteiger charge is 2.23. The first kappa shape index (κ1) is 34.9. The summed E-state index contributed by atoms with van der Waals surface area (Å²) >= 11 is 0. The first-order valence-corrected chi connectivity index (χ1v) is 16.3. The van der Waals surface area contributed by atoms with Gasteiger partial charge in [-0.25, -0.2) is 9.98 Å². The maximum atomic E-state index is 13.2. The van der Waals surface area contributed by atoms with E-state index >= 15 is 0 Å². The molecule has 4 aliphatic heterocycles. The first-order valence-electron chi connectivity index (χ1n) is 16.3. The predicted octanol–water partition coefficient (Wildman–Crippen LogP) is 2.82. The van der Waals surface area contributed by atoms with Crippen LogP contribution in [0.3, 0.4) is 0 Å². The standard InChI is InChI=1S/C20H22N2O3.C19H20N2O3/c1-10(2)6-7-22-13(5)8-11(3)16-18(22)20(25)17-15(19(16)24)12(4)9-14(23)21-17;1-9(2)8-21-12(5)6-10(3)15-17(21)19(24)16-14(18(15)23)11(4)7-13(22)20-16/h8-10,24H,5-7H2,1-4H3;6-7,9,23H,5,8H2,1-4H3. The van der Waals surface area contributed by atoms with Crippen molar-refractivity contribution in [2.75, 3.05) is 0 Å². The van der Waals surface area contributed by atoms with Crippen LogP contribution in [0.4, 0.5) is 0 Å². The lowest BCUT2D eigenvalue weighted by Crippen LogP contribution is -2.38. The summed E-state index contributed by atoms with van der Waals surface area (Å²) in [5.41, 5.74) is 2.69. The number of aromatic hydroxyl groups is 2. The predicted molar refractivity (Wildman–Crippen MR) is 189 cm³/mol. The molecule has 10 nitrogen and oxygen atoms in total. The Morgan fingerprint density at radius 2 is 1.08 bits per heavy atom. The van der Waals surface area contributed by atoms with Crippen molar-refractivity contribution in [3.8, 4) is 11.5 Å². The van der Waals surface area contributed by atoms with E-state index in [0.29, 0.717) is 79.0 Å². The van der Waals surface area contributed by atoms with Crippen molar-refractivity contribution in [3.63, 3.8) is 0 Å². The van der Waals surface area contributed by atoms with Crippen molar-refractivity contribution in [2.24, 2.45) is 21.8 Å². The Bertz CT molecular complexity index is 2660. The summed E-state index contributed by atoms with van der Waals surface area (Å²) in [6, 6.07) is 3.73. The highest BCUT2D eigenvalue weighted by molar-refractivity contribution is 5.99. The number of aryl methyl sites for hydroxylation is 2. The lowest BCUT2D eigenvalue weighted by Gasteiger charge is -2.17. The number of hydrogen-bond donors (Lipinski definition) is 2. The fourth-order valence-corrected chi connectivity index (χ4v) is 6.70. The minimum atomic E-state index is -0.478. The summed E-state index contributed by atoms with van der Waals surface area (Å²) in [5.74, 6) is -0.198. The van der Waals surface area contributed by atoms with E-state index in [2.05, 4.69) is 37.0 Å². The summed E-state index contributed by atoms with van der Waals surface area (Å²) in [5, 5.41) is 24.9. The van der Waals surface area contributed by atoms with Gasteiger partial charge in [0.05, 0.1) is 11.1 Å². The zero-order chi connectivity index (χ0) is 36.2. The van der Waals surface area contributed by atoms with Gasteiger partial charge in [0.25, 0.3) is 11.8 Å². The van der Waals surface area contributed by atoms with Crippen LogP contribution in [0.5, 0.6) is 11.5 Å². The summed E-state index contributed by atoms with van der Waals surface area (Å²) < 4.78 is 3.64. The molecule has 0 unspecified atom stereocenters. The number of fused-ring (bicyclic) bond motifs is 2. The third-order valence-corrected chi connectivity index (χ3v) is 8.93. The number of allylic oxidation sites excluding steroid dienone is 2. The molecular weight excluding hydrogens is 620 g/mol. The molecule has 0 atom stereocenters. The minimum Gasteiger partial charge on any atom is -0.507 e. The van der Waals surface area contributed by atoms with Gasteiger partial charge in [-0.1, -0.05) is 40.9 Å². The Morgan fingerprint density at radius 1 is 0.673 bits per heavy atom. The molecule has 0 saturated carbocycles. The molecule has 10 heteroatoms. The highest BCUT2D eigenvalue weighted by atomic mass is 16.3. The Hall–Kier alpha value is -5.38. The molecule has 6 rings (SSSR count). The molecule has 0 spiro atoms. The van der Waals surface area contributed by atoms with E-state index in [0.717, 1.165) is 17.5 Å². The minimum absolute atomic E-state index is 0.000365. The lowest BCUT2D eigenvalue weighted by atomic mass is 9.98. The topological polar surface area (TPSA) is 143 Å². The molecule has 0 aromatic carbocycles. The maximum Gasteiger partial charge on any atom is 0.270 e. The van der Waals surface area contributed by atoms with Crippen LogP contribution >= 0.6 is 0 Å². The van der Waals surface area contributed by atoms with Crippen molar-refractivity contribution in [1.29, 1.82) is 0 Å². The van der Waals surface area contributed by atoms with Crippen LogP contribution in [-0.4, -0.2) is 31.2 Å². The van der Waals surface area contributed by atoms with E-state index in [4.69, 9.17) is 0 Å². The van der Waals surface area contributed by atoms with Crippen LogP contribution in [0.25, 0.3) is 24.3 Å². The van der Waals surface area contributed by atoms with Gasteiger partial charge >= 0.3 is 0 Å². The van der Waals surface area contributed by atoms with E-state index in [-0.39, 0.29) is 33.1 Å². The quantitative estimate of drug-likeness (QED) is 0.337. The van der Waals surface area contributed by atoms with Gasteiger partial charge in [0.2, 0.25) is 10.9 Å². The van der Waals surface area contributed by atoms with Crippen molar-refractivity contribution in [2.45, 2.75) is 74.9 Å². The normalized spacial score (nSPS) is 13.8. The fraction of sp³-hybridized carbons (Fsp3) is 0.333. The summed E-state index contributed by atoms with van der Waals surface area (Å²) in [6.45, 7) is 24.7. The number of carbonyl (C=O) groups is 2. The summed E-state index contributed by atoms with van der Waals surface area (Å²) in [7, 11) is 0. The molecule has 2 aliphatic carbocycles. The molecule has 0 aromatic heterocycles. The van der Waals surface area contributed by atoms with E-state index in [1.54, 1.807) is 13.8 Å². The van der Waals surface area contributed by atoms with Gasteiger partial charge in [0, 0.05) is 46.4 Å². The number of rotatable bonds is 5. The van der Waals surface area contributed by atoms with E-state index in [9.17, 15) is 29.4 Å². The molecule has 0 fully saturated rings. The smallest absolute Gasteiger partial charge is 0.270 e. The van der Waals surface area contributed by atoms with Crippen LogP contribution in [0.15, 0.2) is 43.9 Å². The van der Waals surface area contributed by atoms with E-state index in [1.807, 2.05) is 49.0 Å². The van der Waals surface area contributed by atoms with E-state index in [1.165, 1.54) is 12.2 Å². The van der Waals surface area contributed by atoms with Crippen LogP contribution in [0.2, 0.25) is 0 Å². The molecule has 254 valence electrons. The van der Waals surface area contributed by atoms with Crippen LogP contribution in [0.1, 0.15) is 70.2 Å². The summed E-state index contributed by atoms with van der Waals surface area (Å²) in [6.07, 6.45) is 3.55. The largest absolute Gasteiger partial charge is 0.507 e. The van der Waals surface area contributed by atoms with Crippen molar-refractivity contribution < 1.29 is 19.8 Å². The Balaban J connectivity index is 0.000000191. The second kappa shape index (κ2) is 12.9. The Labute approximate surface area is 282 Å². The van der Waals surface area contributed by atoms with Gasteiger partial charge in [0.15, 0.2) is 0 Å². The Kier molecular flexibility index (Phi) is 9.21. The molecule has 0 radical (unpaired) electrons. The third-order valence-electron chi connectivity index (χ3n) is 8.93.